The lowest BCUT2D eigenvalue weighted by atomic mass is 10.1. The lowest BCUT2D eigenvalue weighted by molar-refractivity contribution is 1.39. The predicted molar refractivity (Wildman–Crippen MR) is 77.6 cm³/mol. The van der Waals surface area contributed by atoms with Crippen molar-refractivity contribution < 1.29 is 0 Å². The third kappa shape index (κ3) is 1.66. The standard InChI is InChI=1S/C16H16N2/c1-10-5-3-4-6-13(10)16-9-12-8-14(17)11(2)7-15(12)18-16/h3-9,18H,17H2,1-2H3. The number of aromatic nitrogens is 1. The molecule has 0 saturated heterocycles. The van der Waals surface area contributed by atoms with E-state index < -0.39 is 0 Å². The highest BCUT2D eigenvalue weighted by atomic mass is 14.7. The van der Waals surface area contributed by atoms with E-state index in [1.807, 2.05) is 13.0 Å². The monoisotopic (exact) mass is 236 g/mol. The molecule has 0 radical (unpaired) electrons. The Morgan fingerprint density at radius 3 is 2.50 bits per heavy atom. The van der Waals surface area contributed by atoms with Crippen LogP contribution in [-0.4, -0.2) is 4.98 Å². The fourth-order valence-corrected chi connectivity index (χ4v) is 2.33. The van der Waals surface area contributed by atoms with Gasteiger partial charge in [0, 0.05) is 27.8 Å². The molecular formula is C16H16N2. The van der Waals surface area contributed by atoms with E-state index >= 15 is 0 Å². The van der Waals surface area contributed by atoms with Crippen LogP contribution in [0.25, 0.3) is 22.2 Å². The summed E-state index contributed by atoms with van der Waals surface area (Å²) in [7, 11) is 0. The number of H-pyrrole nitrogens is 1. The first kappa shape index (κ1) is 10.9. The van der Waals surface area contributed by atoms with Crippen molar-refractivity contribution in [1.29, 1.82) is 0 Å². The number of nitrogens with two attached hydrogens (primary N) is 1. The van der Waals surface area contributed by atoms with Crippen molar-refractivity contribution >= 4 is 16.6 Å². The van der Waals surface area contributed by atoms with Gasteiger partial charge in [-0.2, -0.15) is 0 Å². The van der Waals surface area contributed by atoms with E-state index in [-0.39, 0.29) is 0 Å². The van der Waals surface area contributed by atoms with Crippen LogP contribution in [0.2, 0.25) is 0 Å². The number of hydrogen-bond donors (Lipinski definition) is 2. The molecule has 1 heterocycles. The minimum absolute atomic E-state index is 0.845. The van der Waals surface area contributed by atoms with Crippen molar-refractivity contribution in [3.63, 3.8) is 0 Å². The largest absolute Gasteiger partial charge is 0.398 e. The molecule has 0 bridgehead atoms. The molecular weight excluding hydrogens is 220 g/mol. The van der Waals surface area contributed by atoms with Crippen molar-refractivity contribution in [2.75, 3.05) is 5.73 Å². The average Bonchev–Trinajstić information content (AvgIpc) is 2.73. The summed E-state index contributed by atoms with van der Waals surface area (Å²) in [6, 6.07) is 14.7. The molecule has 0 aliphatic heterocycles. The van der Waals surface area contributed by atoms with Gasteiger partial charge in [-0.25, -0.2) is 0 Å². The number of rotatable bonds is 1. The quantitative estimate of drug-likeness (QED) is 0.615. The molecule has 2 nitrogen and oxygen atoms in total. The van der Waals surface area contributed by atoms with Crippen LogP contribution in [0.15, 0.2) is 42.5 Å². The van der Waals surface area contributed by atoms with Gasteiger partial charge < -0.3 is 10.7 Å². The van der Waals surface area contributed by atoms with Crippen molar-refractivity contribution in [3.05, 3.63) is 53.6 Å². The van der Waals surface area contributed by atoms with Gasteiger partial charge in [-0.05, 0) is 43.2 Å². The predicted octanol–water partition coefficient (Wildman–Crippen LogP) is 4.03. The molecule has 0 spiro atoms. The normalized spacial score (nSPS) is 11.0. The molecule has 18 heavy (non-hydrogen) atoms. The summed E-state index contributed by atoms with van der Waals surface area (Å²) in [6.45, 7) is 4.16. The van der Waals surface area contributed by atoms with E-state index in [9.17, 15) is 0 Å². The lowest BCUT2D eigenvalue weighted by Gasteiger charge is -2.01. The van der Waals surface area contributed by atoms with E-state index in [1.54, 1.807) is 0 Å². The van der Waals surface area contributed by atoms with Crippen LogP contribution in [-0.2, 0) is 0 Å². The molecule has 0 aliphatic carbocycles. The molecule has 2 aromatic carbocycles. The number of fused-ring (bicyclic) bond motifs is 1. The molecule has 0 amide bonds. The van der Waals surface area contributed by atoms with Crippen molar-refractivity contribution in [2.24, 2.45) is 0 Å². The molecule has 90 valence electrons. The summed E-state index contributed by atoms with van der Waals surface area (Å²) in [5.41, 5.74) is 12.7. The van der Waals surface area contributed by atoms with E-state index in [1.165, 1.54) is 11.1 Å². The fourth-order valence-electron chi connectivity index (χ4n) is 2.33. The summed E-state index contributed by atoms with van der Waals surface area (Å²) in [5, 5.41) is 1.16. The fraction of sp³-hybridized carbons (Fsp3) is 0.125. The Labute approximate surface area is 106 Å². The summed E-state index contributed by atoms with van der Waals surface area (Å²) in [4.78, 5) is 3.47. The second-order valence-corrected chi connectivity index (χ2v) is 4.79. The first-order chi connectivity index (χ1) is 8.65. The van der Waals surface area contributed by atoms with Gasteiger partial charge in [0.15, 0.2) is 0 Å². The van der Waals surface area contributed by atoms with Crippen LogP contribution in [0.4, 0.5) is 5.69 Å². The number of benzene rings is 2. The zero-order valence-electron chi connectivity index (χ0n) is 10.6. The molecule has 3 N–H and O–H groups in total. The molecule has 1 aromatic heterocycles. The zero-order valence-corrected chi connectivity index (χ0v) is 10.6. The minimum Gasteiger partial charge on any atom is -0.398 e. The van der Waals surface area contributed by atoms with Gasteiger partial charge in [0.05, 0.1) is 0 Å². The second-order valence-electron chi connectivity index (χ2n) is 4.79. The number of nitrogens with one attached hydrogen (secondary N) is 1. The SMILES string of the molecule is Cc1cc2[nH]c(-c3ccccc3C)cc2cc1N. The second kappa shape index (κ2) is 3.91. The maximum atomic E-state index is 5.95. The number of aryl methyl sites for hydroxylation is 2. The van der Waals surface area contributed by atoms with Gasteiger partial charge in [-0.15, -0.1) is 0 Å². The van der Waals surface area contributed by atoms with Gasteiger partial charge >= 0.3 is 0 Å². The van der Waals surface area contributed by atoms with Crippen LogP contribution in [0, 0.1) is 13.8 Å². The van der Waals surface area contributed by atoms with E-state index in [0.29, 0.717) is 0 Å². The van der Waals surface area contributed by atoms with E-state index in [4.69, 9.17) is 5.73 Å². The minimum atomic E-state index is 0.845. The number of aromatic amines is 1. The highest BCUT2D eigenvalue weighted by Crippen LogP contribution is 2.28. The summed E-state index contributed by atoms with van der Waals surface area (Å²) in [5.74, 6) is 0. The van der Waals surface area contributed by atoms with Gasteiger partial charge in [-0.1, -0.05) is 24.3 Å². The molecule has 3 aromatic rings. The Balaban J connectivity index is 2.23. The van der Waals surface area contributed by atoms with Crippen LogP contribution < -0.4 is 5.73 Å². The van der Waals surface area contributed by atoms with E-state index in [0.717, 1.165) is 27.8 Å². The Hall–Kier alpha value is -2.22. The Kier molecular flexibility index (Phi) is 2.37. The molecule has 0 atom stereocenters. The number of hydrogen-bond acceptors (Lipinski definition) is 1. The maximum Gasteiger partial charge on any atom is 0.0467 e. The molecule has 0 fully saturated rings. The maximum absolute atomic E-state index is 5.95. The molecule has 2 heteroatoms. The molecule has 0 saturated carbocycles. The lowest BCUT2D eigenvalue weighted by Crippen LogP contribution is -1.87. The van der Waals surface area contributed by atoms with Crippen LogP contribution >= 0.6 is 0 Å². The summed E-state index contributed by atoms with van der Waals surface area (Å²) in [6.07, 6.45) is 0. The van der Waals surface area contributed by atoms with Gasteiger partial charge in [0.1, 0.15) is 0 Å². The van der Waals surface area contributed by atoms with Crippen molar-refractivity contribution in [2.45, 2.75) is 13.8 Å². The Morgan fingerprint density at radius 1 is 0.944 bits per heavy atom. The van der Waals surface area contributed by atoms with Gasteiger partial charge in [-0.3, -0.25) is 0 Å². The first-order valence-corrected chi connectivity index (χ1v) is 6.10. The van der Waals surface area contributed by atoms with E-state index in [2.05, 4.69) is 48.3 Å². The first-order valence-electron chi connectivity index (χ1n) is 6.10. The topological polar surface area (TPSA) is 41.8 Å². The number of nitrogen functional groups attached to an aromatic ring is 1. The summed E-state index contributed by atoms with van der Waals surface area (Å²) < 4.78 is 0. The van der Waals surface area contributed by atoms with Crippen molar-refractivity contribution in [1.82, 2.24) is 4.98 Å². The highest BCUT2D eigenvalue weighted by molar-refractivity contribution is 5.89. The van der Waals surface area contributed by atoms with Crippen LogP contribution in [0.3, 0.4) is 0 Å². The summed E-state index contributed by atoms with van der Waals surface area (Å²) >= 11 is 0. The molecule has 0 aliphatic rings. The Morgan fingerprint density at radius 2 is 1.72 bits per heavy atom. The van der Waals surface area contributed by atoms with Gasteiger partial charge in [0.2, 0.25) is 0 Å². The number of anilines is 1. The Bertz CT molecular complexity index is 684. The highest BCUT2D eigenvalue weighted by Gasteiger charge is 2.06. The molecule has 3 rings (SSSR count). The van der Waals surface area contributed by atoms with Crippen LogP contribution in [0.5, 0.6) is 0 Å². The molecule has 0 unspecified atom stereocenters. The third-order valence-electron chi connectivity index (χ3n) is 3.44. The van der Waals surface area contributed by atoms with Gasteiger partial charge in [0.25, 0.3) is 0 Å². The zero-order chi connectivity index (χ0) is 12.7. The smallest absolute Gasteiger partial charge is 0.0467 e. The third-order valence-corrected chi connectivity index (χ3v) is 3.44. The van der Waals surface area contributed by atoms with Crippen molar-refractivity contribution in [3.8, 4) is 11.3 Å². The average molecular weight is 236 g/mol. The van der Waals surface area contributed by atoms with Crippen LogP contribution in [0.1, 0.15) is 11.1 Å².